The van der Waals surface area contributed by atoms with E-state index in [2.05, 4.69) is 146 Å². The average molecular weight is 1190 g/mol. The smallest absolute Gasteiger partial charge is 0.246 e. The van der Waals surface area contributed by atoms with Crippen molar-refractivity contribution < 1.29 is 42.6 Å². The monoisotopic (exact) mass is 1190 g/mol. The maximum absolute atomic E-state index is 6.08. The minimum atomic E-state index is -0.162. The highest BCUT2D eigenvalue weighted by atomic mass is 16.7. The third-order valence-corrected chi connectivity index (χ3v) is 13.8. The van der Waals surface area contributed by atoms with E-state index >= 15 is 0 Å². The van der Waals surface area contributed by atoms with Crippen LogP contribution < -0.4 is 42.6 Å². The van der Waals surface area contributed by atoms with Crippen molar-refractivity contribution in [3.05, 3.63) is 139 Å². The summed E-state index contributed by atoms with van der Waals surface area (Å²) in [6.45, 7) is 59.4. The number of ether oxygens (including phenoxy) is 9. The zero-order chi connectivity index (χ0) is 65.5. The van der Waals surface area contributed by atoms with Gasteiger partial charge in [-0.1, -0.05) is 266 Å². The van der Waals surface area contributed by atoms with E-state index in [1.54, 1.807) is 0 Å². The molecular weight excluding hydrogens is 1070 g/mol. The van der Waals surface area contributed by atoms with E-state index in [0.29, 0.717) is 25.2 Å². The molecule has 0 saturated heterocycles. The third-order valence-electron chi connectivity index (χ3n) is 13.8. The second kappa shape index (κ2) is 38.1. The van der Waals surface area contributed by atoms with Gasteiger partial charge in [0.2, 0.25) is 6.29 Å². The summed E-state index contributed by atoms with van der Waals surface area (Å²) in [5.74, 6) is 8.38. The molecule has 3 atom stereocenters. The molecule has 0 bridgehead atoms. The van der Waals surface area contributed by atoms with E-state index in [0.717, 1.165) is 77.8 Å². The number of benzene rings is 6. The van der Waals surface area contributed by atoms with Crippen LogP contribution in [0.4, 0.5) is 0 Å². The molecule has 0 saturated carbocycles. The zero-order valence-electron chi connectivity index (χ0n) is 59.0. The van der Waals surface area contributed by atoms with Crippen molar-refractivity contribution in [3.63, 3.8) is 0 Å². The molecule has 86 heavy (non-hydrogen) atoms. The van der Waals surface area contributed by atoms with Crippen LogP contribution in [-0.4, -0.2) is 51.0 Å². The van der Waals surface area contributed by atoms with Crippen LogP contribution in [0.3, 0.4) is 0 Å². The summed E-state index contributed by atoms with van der Waals surface area (Å²) in [4.78, 5) is 0. The predicted octanol–water partition coefficient (Wildman–Crippen LogP) is 22.4. The molecule has 482 valence electrons. The number of rotatable bonds is 0. The molecule has 0 aliphatic carbocycles. The Hall–Kier alpha value is -6.22. The Bertz CT molecular complexity index is 2630. The molecule has 5 aliphatic heterocycles. The molecule has 0 amide bonds. The Kier molecular flexibility index (Phi) is 34.5. The summed E-state index contributed by atoms with van der Waals surface area (Å²) >= 11 is 0. The van der Waals surface area contributed by atoms with Gasteiger partial charge in [0.25, 0.3) is 0 Å². The Balaban J connectivity index is 0.000000516. The van der Waals surface area contributed by atoms with Gasteiger partial charge in [0.15, 0.2) is 46.0 Å². The molecule has 5 heterocycles. The Morgan fingerprint density at radius 3 is 0.977 bits per heavy atom. The fourth-order valence-electron chi connectivity index (χ4n) is 8.43. The topological polar surface area (TPSA) is 83.1 Å². The molecule has 6 aromatic rings. The van der Waals surface area contributed by atoms with E-state index in [-0.39, 0.29) is 45.6 Å². The van der Waals surface area contributed by atoms with Gasteiger partial charge in [-0.2, -0.15) is 0 Å². The van der Waals surface area contributed by atoms with Gasteiger partial charge in [-0.25, -0.2) is 0 Å². The van der Waals surface area contributed by atoms with Crippen molar-refractivity contribution in [1.29, 1.82) is 0 Å². The van der Waals surface area contributed by atoms with Gasteiger partial charge in [0.05, 0.1) is 13.2 Å². The number of hydrogen-bond donors (Lipinski definition) is 0. The molecule has 5 aliphatic rings. The van der Waals surface area contributed by atoms with Crippen LogP contribution in [0.25, 0.3) is 10.8 Å². The molecule has 9 heteroatoms. The number of hydrogen-bond acceptors (Lipinski definition) is 9. The fraction of sp³-hybridized carbons (Fsp3) is 0.558. The molecule has 6 aromatic carbocycles. The van der Waals surface area contributed by atoms with Crippen molar-refractivity contribution in [2.45, 2.75) is 224 Å². The first-order chi connectivity index (χ1) is 40.8. The molecule has 0 radical (unpaired) electrons. The van der Waals surface area contributed by atoms with Crippen molar-refractivity contribution in [1.82, 2.24) is 0 Å². The Labute approximate surface area is 525 Å². The lowest BCUT2D eigenvalue weighted by Crippen LogP contribution is -2.39. The summed E-state index contributed by atoms with van der Waals surface area (Å²) in [6.07, 6.45) is 2.73. The van der Waals surface area contributed by atoms with E-state index in [9.17, 15) is 0 Å². The van der Waals surface area contributed by atoms with Gasteiger partial charge < -0.3 is 42.6 Å². The normalized spacial score (nSPS) is 16.7. The highest BCUT2D eigenvalue weighted by Gasteiger charge is 2.36. The van der Waals surface area contributed by atoms with E-state index in [1.165, 1.54) is 16.3 Å². The van der Waals surface area contributed by atoms with Crippen LogP contribution in [0, 0.1) is 33.0 Å². The van der Waals surface area contributed by atoms with Gasteiger partial charge in [-0.15, -0.1) is 0 Å². The summed E-state index contributed by atoms with van der Waals surface area (Å²) in [5, 5.41) is 2.38. The number of fused-ring (bicyclic) bond motifs is 6. The first-order valence-electron chi connectivity index (χ1n) is 32.5. The van der Waals surface area contributed by atoms with Crippen LogP contribution in [0.15, 0.2) is 133 Å². The molecule has 9 nitrogen and oxygen atoms in total. The molecule has 0 spiro atoms. The van der Waals surface area contributed by atoms with E-state index < -0.39 is 0 Å². The number of aryl methyl sites for hydroxylation is 1. The first kappa shape index (κ1) is 77.8. The maximum Gasteiger partial charge on any atom is 0.246 e. The largest absolute Gasteiger partial charge is 0.490 e. The maximum atomic E-state index is 6.08. The van der Waals surface area contributed by atoms with Gasteiger partial charge in [-0.3, -0.25) is 0 Å². The van der Waals surface area contributed by atoms with E-state index in [4.69, 9.17) is 42.6 Å². The standard InChI is InChI=1S/C16H18O2.C13H18O2.C13H18O.C12H16O2.C11H14O2.6C2H6/c1-16(2,3)15-10-17-13-8-11-6-4-5-7-12(11)9-14(13)18-15;1-13(2,3)10-8-14-11-6-4-5-7-12(11)15-9-10;1-13(2,3)12-9-8-10-6-4-5-7-11(10)14-12;1-12(2,3)11-8-13-9-6-4-5-7-10(9)14-11;1-11(2,3)10-12-8-6-4-5-7-9(8)13-10;6*1-2/h4-9,15H,10H2,1-3H3;4-7,10H,8-9H2,1-3H3;4-7,12H,8-9H2,1-3H3;4-7,11H,8H2,1-3H3;4-7,10H,1-3H3;6*1-2H3. The average Bonchev–Trinajstić information content (AvgIpc) is 3.01. The summed E-state index contributed by atoms with van der Waals surface area (Å²) in [6, 6.07) is 44.2. The Morgan fingerprint density at radius 1 is 0.279 bits per heavy atom. The van der Waals surface area contributed by atoms with Crippen LogP contribution in [0.2, 0.25) is 0 Å². The quantitative estimate of drug-likeness (QED) is 0.148. The highest BCUT2D eigenvalue weighted by molar-refractivity contribution is 5.86. The molecule has 11 rings (SSSR count). The zero-order valence-corrected chi connectivity index (χ0v) is 59.0. The summed E-state index contributed by atoms with van der Waals surface area (Å²) in [5.41, 5.74) is 2.04. The van der Waals surface area contributed by atoms with Crippen LogP contribution in [-0.2, 0) is 6.42 Å². The lowest BCUT2D eigenvalue weighted by Gasteiger charge is -2.35. The fourth-order valence-corrected chi connectivity index (χ4v) is 8.43. The van der Waals surface area contributed by atoms with Crippen LogP contribution in [0.5, 0.6) is 51.7 Å². The highest BCUT2D eigenvalue weighted by Crippen LogP contribution is 2.42. The van der Waals surface area contributed by atoms with Gasteiger partial charge >= 0.3 is 0 Å². The lowest BCUT2D eigenvalue weighted by atomic mass is 9.82. The van der Waals surface area contributed by atoms with Crippen molar-refractivity contribution in [2.24, 2.45) is 33.0 Å². The minimum absolute atomic E-state index is 0.0129. The van der Waals surface area contributed by atoms with Crippen LogP contribution in [0.1, 0.15) is 199 Å². The SMILES string of the molecule is CC.CC.CC.CC.CC.CC.CC(C)(C)C1CCc2ccccc2O1.CC(C)(C)C1COc2cc3ccccc3cc2O1.CC(C)(C)C1COc2ccccc2O1.CC(C)(C)C1COc2ccccc2OC1.CC(C)(C)C1Oc2ccccc2O1. The van der Waals surface area contributed by atoms with Crippen LogP contribution >= 0.6 is 0 Å². The summed E-state index contributed by atoms with van der Waals surface area (Å²) in [7, 11) is 0. The van der Waals surface area contributed by atoms with E-state index in [1.807, 2.05) is 174 Å². The van der Waals surface area contributed by atoms with Crippen molar-refractivity contribution in [2.75, 3.05) is 26.4 Å². The number of para-hydroxylation sites is 7. The van der Waals surface area contributed by atoms with Crippen molar-refractivity contribution in [3.8, 4) is 51.7 Å². The molecule has 3 unspecified atom stereocenters. The van der Waals surface area contributed by atoms with Gasteiger partial charge in [0, 0.05) is 22.2 Å². The lowest BCUT2D eigenvalue weighted by molar-refractivity contribution is -0.0396. The third kappa shape index (κ3) is 24.9. The molecule has 0 aromatic heterocycles. The predicted molar refractivity (Wildman–Crippen MR) is 367 cm³/mol. The van der Waals surface area contributed by atoms with Gasteiger partial charge in [0.1, 0.15) is 37.3 Å². The second-order valence-electron chi connectivity index (χ2n) is 25.3. The first-order valence-corrected chi connectivity index (χ1v) is 32.5. The summed E-state index contributed by atoms with van der Waals surface area (Å²) < 4.78 is 52.3. The molecular formula is C77H120O9. The molecule has 0 fully saturated rings. The van der Waals surface area contributed by atoms with Gasteiger partial charge in [-0.05, 0) is 94.6 Å². The molecule has 0 N–H and O–H groups in total. The Morgan fingerprint density at radius 2 is 0.581 bits per heavy atom. The minimum Gasteiger partial charge on any atom is -0.490 e. The second-order valence-corrected chi connectivity index (χ2v) is 25.3. The van der Waals surface area contributed by atoms with Crippen molar-refractivity contribution >= 4 is 10.8 Å².